The van der Waals surface area contributed by atoms with Crippen molar-refractivity contribution in [2.75, 3.05) is 5.32 Å². The molecule has 0 saturated heterocycles. The van der Waals surface area contributed by atoms with E-state index in [0.717, 1.165) is 18.9 Å². The number of nitrogens with one attached hydrogen (secondary N) is 1. The molecule has 2 rings (SSSR count). The van der Waals surface area contributed by atoms with Gasteiger partial charge < -0.3 is 5.32 Å². The molecule has 2 aromatic rings. The molecular formula is C15H18F3N3. The van der Waals surface area contributed by atoms with Crippen molar-refractivity contribution in [2.45, 2.75) is 39.3 Å². The summed E-state index contributed by atoms with van der Waals surface area (Å²) in [4.78, 5) is 0. The van der Waals surface area contributed by atoms with Crippen LogP contribution < -0.4 is 5.32 Å². The summed E-state index contributed by atoms with van der Waals surface area (Å²) in [6.07, 6.45) is 3.82. The summed E-state index contributed by atoms with van der Waals surface area (Å²) in [7, 11) is 0. The predicted molar refractivity (Wildman–Crippen MR) is 75.5 cm³/mol. The zero-order valence-electron chi connectivity index (χ0n) is 12.0. The lowest BCUT2D eigenvalue weighted by Gasteiger charge is -2.12. The quantitative estimate of drug-likeness (QED) is 0.807. The summed E-state index contributed by atoms with van der Waals surface area (Å²) < 4.78 is 41.3. The highest BCUT2D eigenvalue weighted by Crippen LogP contribution is 2.20. The molecule has 0 radical (unpaired) electrons. The number of rotatable bonds is 6. The fourth-order valence-corrected chi connectivity index (χ4v) is 2.19. The van der Waals surface area contributed by atoms with Gasteiger partial charge >= 0.3 is 0 Å². The van der Waals surface area contributed by atoms with Gasteiger partial charge in [0.05, 0.1) is 24.0 Å². The van der Waals surface area contributed by atoms with E-state index in [9.17, 15) is 13.2 Å². The lowest BCUT2D eigenvalue weighted by Crippen LogP contribution is -2.09. The van der Waals surface area contributed by atoms with Crippen molar-refractivity contribution >= 4 is 5.69 Å². The van der Waals surface area contributed by atoms with Gasteiger partial charge in [0.15, 0.2) is 17.5 Å². The van der Waals surface area contributed by atoms with Gasteiger partial charge in [0.1, 0.15) is 0 Å². The first-order valence-corrected chi connectivity index (χ1v) is 6.98. The number of anilines is 1. The Kier molecular flexibility index (Phi) is 4.88. The molecular weight excluding hydrogens is 279 g/mol. The zero-order chi connectivity index (χ0) is 15.4. The van der Waals surface area contributed by atoms with Gasteiger partial charge in [-0.15, -0.1) is 0 Å². The third-order valence-electron chi connectivity index (χ3n) is 3.48. The highest BCUT2D eigenvalue weighted by atomic mass is 19.2. The molecule has 0 bridgehead atoms. The zero-order valence-corrected chi connectivity index (χ0v) is 12.0. The summed E-state index contributed by atoms with van der Waals surface area (Å²) in [6.45, 7) is 4.42. The lowest BCUT2D eigenvalue weighted by molar-refractivity contribution is 0.426. The van der Waals surface area contributed by atoms with Gasteiger partial charge in [-0.25, -0.2) is 13.2 Å². The van der Waals surface area contributed by atoms with Crippen LogP contribution in [0.1, 0.15) is 38.4 Å². The molecule has 0 spiro atoms. The Hall–Kier alpha value is -1.98. The van der Waals surface area contributed by atoms with Crippen molar-refractivity contribution in [3.05, 3.63) is 47.5 Å². The highest BCUT2D eigenvalue weighted by molar-refractivity contribution is 5.45. The Bertz CT molecular complexity index is 606. The van der Waals surface area contributed by atoms with Crippen molar-refractivity contribution in [1.29, 1.82) is 0 Å². The number of nitrogens with zero attached hydrogens (tertiary/aromatic N) is 2. The minimum Gasteiger partial charge on any atom is -0.377 e. The summed E-state index contributed by atoms with van der Waals surface area (Å²) in [5, 5.41) is 7.13. The van der Waals surface area contributed by atoms with Gasteiger partial charge in [-0.1, -0.05) is 13.8 Å². The number of benzene rings is 1. The molecule has 0 saturated carbocycles. The van der Waals surface area contributed by atoms with Crippen LogP contribution in [0.25, 0.3) is 0 Å². The topological polar surface area (TPSA) is 29.9 Å². The van der Waals surface area contributed by atoms with Crippen molar-refractivity contribution in [3.8, 4) is 0 Å². The normalized spacial score (nSPS) is 11.1. The van der Waals surface area contributed by atoms with Crippen LogP contribution in [0.4, 0.5) is 18.9 Å². The van der Waals surface area contributed by atoms with Crippen molar-refractivity contribution in [2.24, 2.45) is 0 Å². The fourth-order valence-electron chi connectivity index (χ4n) is 2.19. The monoisotopic (exact) mass is 297 g/mol. The number of halogens is 3. The smallest absolute Gasteiger partial charge is 0.196 e. The minimum atomic E-state index is -1.47. The number of aromatic nitrogens is 2. The minimum absolute atomic E-state index is 0.0778. The third-order valence-corrected chi connectivity index (χ3v) is 3.48. The Morgan fingerprint density at radius 1 is 1.10 bits per heavy atom. The molecule has 0 unspecified atom stereocenters. The lowest BCUT2D eigenvalue weighted by atomic mass is 10.2. The van der Waals surface area contributed by atoms with Crippen molar-refractivity contribution in [1.82, 2.24) is 9.78 Å². The van der Waals surface area contributed by atoms with Gasteiger partial charge in [0.2, 0.25) is 0 Å². The molecule has 1 N–H and O–H groups in total. The van der Waals surface area contributed by atoms with E-state index in [-0.39, 0.29) is 12.2 Å². The van der Waals surface area contributed by atoms with Crippen LogP contribution in [0, 0.1) is 17.5 Å². The van der Waals surface area contributed by atoms with Crippen molar-refractivity contribution < 1.29 is 13.2 Å². The van der Waals surface area contributed by atoms with Crippen LogP contribution >= 0.6 is 0 Å². The maximum absolute atomic E-state index is 13.5. The van der Waals surface area contributed by atoms with E-state index in [0.29, 0.717) is 11.7 Å². The van der Waals surface area contributed by atoms with Crippen molar-refractivity contribution in [3.63, 3.8) is 0 Å². The van der Waals surface area contributed by atoms with Crippen LogP contribution in [-0.4, -0.2) is 9.78 Å². The SMILES string of the molecule is CCC(CC)n1ccc(CNc2ccc(F)c(F)c2F)n1. The molecule has 3 nitrogen and oxygen atoms in total. The molecule has 6 heteroatoms. The molecule has 1 heterocycles. The first-order chi connectivity index (χ1) is 10.1. The summed E-state index contributed by atoms with van der Waals surface area (Å²) in [5.41, 5.74) is 0.636. The molecule has 0 fully saturated rings. The van der Waals surface area contributed by atoms with E-state index in [4.69, 9.17) is 0 Å². The van der Waals surface area contributed by atoms with Gasteiger partial charge in [0.25, 0.3) is 0 Å². The maximum Gasteiger partial charge on any atom is 0.196 e. The fraction of sp³-hybridized carbons (Fsp3) is 0.400. The molecule has 0 aliphatic rings. The Morgan fingerprint density at radius 2 is 1.81 bits per heavy atom. The standard InChI is InChI=1S/C15H18F3N3/c1-3-11(4-2)21-8-7-10(20-21)9-19-13-6-5-12(16)14(17)15(13)18/h5-8,11,19H,3-4,9H2,1-2H3. The van der Waals surface area contributed by atoms with E-state index in [2.05, 4.69) is 24.3 Å². The summed E-state index contributed by atoms with van der Waals surface area (Å²) in [5.74, 6) is -3.88. The molecule has 1 aromatic carbocycles. The predicted octanol–water partition coefficient (Wildman–Crippen LogP) is 4.27. The van der Waals surface area contributed by atoms with E-state index in [1.807, 2.05) is 16.9 Å². The van der Waals surface area contributed by atoms with Crippen LogP contribution in [0.3, 0.4) is 0 Å². The van der Waals surface area contributed by atoms with Crippen LogP contribution in [-0.2, 0) is 6.54 Å². The highest BCUT2D eigenvalue weighted by Gasteiger charge is 2.13. The largest absolute Gasteiger partial charge is 0.377 e. The summed E-state index contributed by atoms with van der Waals surface area (Å²) >= 11 is 0. The van der Waals surface area contributed by atoms with Crippen LogP contribution in [0.5, 0.6) is 0 Å². The number of hydrogen-bond acceptors (Lipinski definition) is 2. The second kappa shape index (κ2) is 6.65. The average Bonchev–Trinajstić information content (AvgIpc) is 2.94. The van der Waals surface area contributed by atoms with Gasteiger partial charge in [-0.05, 0) is 31.0 Å². The van der Waals surface area contributed by atoms with E-state index in [1.165, 1.54) is 6.07 Å². The van der Waals surface area contributed by atoms with Crippen LogP contribution in [0.2, 0.25) is 0 Å². The summed E-state index contributed by atoms with van der Waals surface area (Å²) in [6, 6.07) is 4.22. The average molecular weight is 297 g/mol. The molecule has 21 heavy (non-hydrogen) atoms. The number of hydrogen-bond donors (Lipinski definition) is 1. The van der Waals surface area contributed by atoms with E-state index in [1.54, 1.807) is 0 Å². The first kappa shape index (κ1) is 15.4. The molecule has 1 aromatic heterocycles. The van der Waals surface area contributed by atoms with Gasteiger partial charge in [-0.2, -0.15) is 5.10 Å². The Balaban J connectivity index is 2.05. The molecule has 0 aliphatic carbocycles. The molecule has 0 atom stereocenters. The molecule has 0 aliphatic heterocycles. The molecule has 114 valence electrons. The van der Waals surface area contributed by atoms with E-state index < -0.39 is 17.5 Å². The van der Waals surface area contributed by atoms with Gasteiger partial charge in [0, 0.05) is 6.20 Å². The van der Waals surface area contributed by atoms with E-state index >= 15 is 0 Å². The van der Waals surface area contributed by atoms with Gasteiger partial charge in [-0.3, -0.25) is 4.68 Å². The Labute approximate surface area is 121 Å². The van der Waals surface area contributed by atoms with Crippen LogP contribution in [0.15, 0.2) is 24.4 Å². The second-order valence-electron chi connectivity index (χ2n) is 4.83. The molecule has 0 amide bonds. The Morgan fingerprint density at radius 3 is 2.48 bits per heavy atom. The second-order valence-corrected chi connectivity index (χ2v) is 4.83. The maximum atomic E-state index is 13.5. The first-order valence-electron chi connectivity index (χ1n) is 6.98. The third kappa shape index (κ3) is 3.37.